The van der Waals surface area contributed by atoms with Gasteiger partial charge in [-0.15, -0.1) is 0 Å². The van der Waals surface area contributed by atoms with Gasteiger partial charge in [0.15, 0.2) is 0 Å². The zero-order chi connectivity index (χ0) is 18.4. The zero-order valence-electron chi connectivity index (χ0n) is 15.2. The molecule has 0 spiro atoms. The van der Waals surface area contributed by atoms with Crippen molar-refractivity contribution in [1.29, 1.82) is 0 Å². The van der Waals surface area contributed by atoms with Crippen molar-refractivity contribution >= 4 is 17.5 Å². The van der Waals surface area contributed by atoms with E-state index < -0.39 is 0 Å². The second-order valence-corrected chi connectivity index (χ2v) is 6.34. The van der Waals surface area contributed by atoms with Crippen LogP contribution in [0.2, 0.25) is 0 Å². The molecule has 2 aromatic rings. The number of ether oxygens (including phenoxy) is 1. The minimum atomic E-state index is -0.0644. The average Bonchev–Trinajstić information content (AvgIpc) is 2.64. The summed E-state index contributed by atoms with van der Waals surface area (Å²) in [6.45, 7) is 5.94. The Labute approximate surface area is 153 Å². The van der Waals surface area contributed by atoms with Crippen LogP contribution in [0.3, 0.4) is 0 Å². The van der Waals surface area contributed by atoms with E-state index in [0.717, 1.165) is 35.8 Å². The standard InChI is InChI=1S/C19H25N5O2/c1-3-26-17-6-4-15(5-7-17)23-19(25)24-10-8-16(9-11-24)22-18-12-14(2)20-13-21-18/h4-7,12-13,16H,3,8-11H2,1-2H3,(H,23,25)(H,20,21,22). The molecule has 26 heavy (non-hydrogen) atoms. The van der Waals surface area contributed by atoms with Crippen molar-refractivity contribution in [2.24, 2.45) is 0 Å². The summed E-state index contributed by atoms with van der Waals surface area (Å²) in [7, 11) is 0. The smallest absolute Gasteiger partial charge is 0.321 e. The number of aromatic nitrogens is 2. The van der Waals surface area contributed by atoms with Crippen molar-refractivity contribution in [3.05, 3.63) is 42.4 Å². The van der Waals surface area contributed by atoms with Gasteiger partial charge in [0.05, 0.1) is 6.61 Å². The van der Waals surface area contributed by atoms with Gasteiger partial charge in [0, 0.05) is 36.6 Å². The lowest BCUT2D eigenvalue weighted by Crippen LogP contribution is -2.44. The number of aryl methyl sites for hydroxylation is 1. The quantitative estimate of drug-likeness (QED) is 0.860. The molecule has 1 saturated heterocycles. The highest BCUT2D eigenvalue weighted by Crippen LogP contribution is 2.18. The van der Waals surface area contributed by atoms with Gasteiger partial charge in [0.2, 0.25) is 0 Å². The number of hydrogen-bond acceptors (Lipinski definition) is 5. The van der Waals surface area contributed by atoms with Gasteiger partial charge in [0.1, 0.15) is 17.9 Å². The Morgan fingerprint density at radius 1 is 1.23 bits per heavy atom. The molecule has 0 radical (unpaired) electrons. The number of piperidine rings is 1. The number of likely N-dealkylation sites (tertiary alicyclic amines) is 1. The predicted octanol–water partition coefficient (Wildman–Crippen LogP) is 3.29. The summed E-state index contributed by atoms with van der Waals surface area (Å²) in [6.07, 6.45) is 3.34. The SMILES string of the molecule is CCOc1ccc(NC(=O)N2CCC(Nc3cc(C)ncn3)CC2)cc1. The first-order valence-electron chi connectivity index (χ1n) is 8.98. The Morgan fingerprint density at radius 2 is 1.96 bits per heavy atom. The fourth-order valence-corrected chi connectivity index (χ4v) is 2.97. The molecular weight excluding hydrogens is 330 g/mol. The molecule has 7 nitrogen and oxygen atoms in total. The molecule has 1 fully saturated rings. The normalized spacial score (nSPS) is 14.8. The summed E-state index contributed by atoms with van der Waals surface area (Å²) in [6, 6.07) is 9.62. The molecule has 0 aliphatic carbocycles. The van der Waals surface area contributed by atoms with Crippen LogP contribution in [0.15, 0.2) is 36.7 Å². The van der Waals surface area contributed by atoms with Crippen molar-refractivity contribution in [2.45, 2.75) is 32.7 Å². The number of nitrogens with zero attached hydrogens (tertiary/aromatic N) is 3. The van der Waals surface area contributed by atoms with E-state index in [4.69, 9.17) is 4.74 Å². The minimum absolute atomic E-state index is 0.0644. The molecule has 1 aliphatic rings. The molecule has 7 heteroatoms. The lowest BCUT2D eigenvalue weighted by molar-refractivity contribution is 0.197. The summed E-state index contributed by atoms with van der Waals surface area (Å²) in [4.78, 5) is 22.6. The molecule has 2 amide bonds. The molecule has 3 rings (SSSR count). The highest BCUT2D eigenvalue weighted by molar-refractivity contribution is 5.89. The molecule has 138 valence electrons. The second-order valence-electron chi connectivity index (χ2n) is 6.34. The van der Waals surface area contributed by atoms with Crippen LogP contribution in [0.25, 0.3) is 0 Å². The van der Waals surface area contributed by atoms with Crippen molar-refractivity contribution in [2.75, 3.05) is 30.3 Å². The summed E-state index contributed by atoms with van der Waals surface area (Å²) >= 11 is 0. The fourth-order valence-electron chi connectivity index (χ4n) is 2.97. The van der Waals surface area contributed by atoms with Crippen LogP contribution >= 0.6 is 0 Å². The Hall–Kier alpha value is -2.83. The largest absolute Gasteiger partial charge is 0.494 e. The maximum absolute atomic E-state index is 12.4. The monoisotopic (exact) mass is 355 g/mol. The maximum atomic E-state index is 12.4. The molecule has 2 N–H and O–H groups in total. The van der Waals surface area contributed by atoms with Crippen LogP contribution in [-0.4, -0.2) is 46.6 Å². The van der Waals surface area contributed by atoms with E-state index in [1.54, 1.807) is 6.33 Å². The summed E-state index contributed by atoms with van der Waals surface area (Å²) in [5.74, 6) is 1.65. The number of rotatable bonds is 5. The van der Waals surface area contributed by atoms with Gasteiger partial charge in [0.25, 0.3) is 0 Å². The van der Waals surface area contributed by atoms with E-state index in [2.05, 4.69) is 20.6 Å². The maximum Gasteiger partial charge on any atom is 0.321 e. The summed E-state index contributed by atoms with van der Waals surface area (Å²) in [5, 5.41) is 6.37. The van der Waals surface area contributed by atoms with Crippen molar-refractivity contribution in [3.8, 4) is 5.75 Å². The molecule has 0 atom stereocenters. The highest BCUT2D eigenvalue weighted by atomic mass is 16.5. The van der Waals surface area contributed by atoms with Crippen molar-refractivity contribution in [3.63, 3.8) is 0 Å². The van der Waals surface area contributed by atoms with Crippen molar-refractivity contribution < 1.29 is 9.53 Å². The average molecular weight is 355 g/mol. The first-order valence-corrected chi connectivity index (χ1v) is 8.98. The predicted molar refractivity (Wildman–Crippen MR) is 102 cm³/mol. The van der Waals surface area contributed by atoms with E-state index >= 15 is 0 Å². The number of anilines is 2. The van der Waals surface area contributed by atoms with Crippen LogP contribution in [0, 0.1) is 6.92 Å². The van der Waals surface area contributed by atoms with E-state index in [9.17, 15) is 4.79 Å². The molecule has 1 aromatic heterocycles. The molecule has 1 aromatic carbocycles. The molecule has 2 heterocycles. The van der Waals surface area contributed by atoms with E-state index in [1.807, 2.05) is 49.1 Å². The van der Waals surface area contributed by atoms with Gasteiger partial charge in [-0.1, -0.05) is 0 Å². The van der Waals surface area contributed by atoms with Gasteiger partial charge in [-0.3, -0.25) is 0 Å². The van der Waals surface area contributed by atoms with E-state index in [1.165, 1.54) is 0 Å². The number of benzene rings is 1. The van der Waals surface area contributed by atoms with Crippen LogP contribution in [0.4, 0.5) is 16.3 Å². The van der Waals surface area contributed by atoms with Crippen LogP contribution in [-0.2, 0) is 0 Å². The first kappa shape index (κ1) is 18.0. The number of carbonyl (C=O) groups is 1. The Morgan fingerprint density at radius 3 is 2.62 bits per heavy atom. The Bertz CT molecular complexity index is 727. The number of urea groups is 1. The number of hydrogen-bond donors (Lipinski definition) is 2. The molecule has 0 saturated carbocycles. The van der Waals surface area contributed by atoms with Crippen LogP contribution in [0.1, 0.15) is 25.5 Å². The first-order chi connectivity index (χ1) is 12.6. The van der Waals surface area contributed by atoms with Crippen molar-refractivity contribution in [1.82, 2.24) is 14.9 Å². The minimum Gasteiger partial charge on any atom is -0.494 e. The third-order valence-electron chi connectivity index (χ3n) is 4.35. The third kappa shape index (κ3) is 4.84. The fraction of sp³-hybridized carbons (Fsp3) is 0.421. The third-order valence-corrected chi connectivity index (χ3v) is 4.35. The number of carbonyl (C=O) groups excluding carboxylic acids is 1. The lowest BCUT2D eigenvalue weighted by Gasteiger charge is -2.32. The zero-order valence-corrected chi connectivity index (χ0v) is 15.2. The highest BCUT2D eigenvalue weighted by Gasteiger charge is 2.23. The number of amides is 2. The molecular formula is C19H25N5O2. The molecule has 1 aliphatic heterocycles. The second kappa shape index (κ2) is 8.51. The van der Waals surface area contributed by atoms with Gasteiger partial charge in [-0.25, -0.2) is 14.8 Å². The van der Waals surface area contributed by atoms with Gasteiger partial charge in [-0.05, 0) is 51.0 Å². The molecule has 0 unspecified atom stereocenters. The van der Waals surface area contributed by atoms with Gasteiger partial charge < -0.3 is 20.3 Å². The topological polar surface area (TPSA) is 79.4 Å². The number of nitrogens with one attached hydrogen (secondary N) is 2. The van der Waals surface area contributed by atoms with Gasteiger partial charge in [-0.2, -0.15) is 0 Å². The van der Waals surface area contributed by atoms with E-state index in [0.29, 0.717) is 25.7 Å². The summed E-state index contributed by atoms with van der Waals surface area (Å²) in [5.41, 5.74) is 1.71. The van der Waals surface area contributed by atoms with Crippen LogP contribution < -0.4 is 15.4 Å². The summed E-state index contributed by atoms with van der Waals surface area (Å²) < 4.78 is 5.41. The Balaban J connectivity index is 1.47. The Kier molecular flexibility index (Phi) is 5.88. The van der Waals surface area contributed by atoms with Gasteiger partial charge >= 0.3 is 6.03 Å². The molecule has 0 bridgehead atoms. The lowest BCUT2D eigenvalue weighted by atomic mass is 10.1. The van der Waals surface area contributed by atoms with E-state index in [-0.39, 0.29) is 6.03 Å². The van der Waals surface area contributed by atoms with Crippen LogP contribution in [0.5, 0.6) is 5.75 Å².